The summed E-state index contributed by atoms with van der Waals surface area (Å²) in [5.74, 6) is 0.363. The highest BCUT2D eigenvalue weighted by atomic mass is 16.3. The summed E-state index contributed by atoms with van der Waals surface area (Å²) < 4.78 is 0. The van der Waals surface area contributed by atoms with Gasteiger partial charge in [0.05, 0.1) is 5.69 Å². The summed E-state index contributed by atoms with van der Waals surface area (Å²) in [7, 11) is 0. The standard InChI is InChI=1S/C12H15NO/c1-7-10(14)6-5-9-11(7)12(3,4)8(2)13-9/h5-6,14H,1-4H3. The van der Waals surface area contributed by atoms with E-state index in [1.807, 2.05) is 19.9 Å². The first kappa shape index (κ1) is 9.25. The Hall–Kier alpha value is -1.31. The van der Waals surface area contributed by atoms with Gasteiger partial charge in [-0.3, -0.25) is 4.99 Å². The lowest BCUT2D eigenvalue weighted by molar-refractivity contribution is 0.469. The van der Waals surface area contributed by atoms with E-state index < -0.39 is 0 Å². The van der Waals surface area contributed by atoms with Gasteiger partial charge in [-0.2, -0.15) is 0 Å². The number of rotatable bonds is 0. The number of phenols is 1. The molecular formula is C12H15NO. The van der Waals surface area contributed by atoms with Crippen molar-refractivity contribution in [3.63, 3.8) is 0 Å². The van der Waals surface area contributed by atoms with E-state index in [4.69, 9.17) is 0 Å². The second-order valence-corrected chi connectivity index (χ2v) is 4.43. The summed E-state index contributed by atoms with van der Waals surface area (Å²) in [6, 6.07) is 3.60. The fraction of sp³-hybridized carbons (Fsp3) is 0.417. The van der Waals surface area contributed by atoms with Gasteiger partial charge in [-0.1, -0.05) is 13.8 Å². The van der Waals surface area contributed by atoms with Crippen LogP contribution in [0.5, 0.6) is 5.75 Å². The lowest BCUT2D eigenvalue weighted by Gasteiger charge is -2.22. The Kier molecular flexibility index (Phi) is 1.71. The van der Waals surface area contributed by atoms with Crippen LogP contribution in [0.25, 0.3) is 0 Å². The molecule has 0 saturated heterocycles. The number of nitrogens with zero attached hydrogens (tertiary/aromatic N) is 1. The Bertz CT molecular complexity index is 430. The SMILES string of the molecule is CC1=Nc2ccc(O)c(C)c2C1(C)C. The monoisotopic (exact) mass is 189 g/mol. The second kappa shape index (κ2) is 2.59. The van der Waals surface area contributed by atoms with Crippen molar-refractivity contribution >= 4 is 11.4 Å². The maximum atomic E-state index is 9.65. The molecule has 1 aliphatic heterocycles. The van der Waals surface area contributed by atoms with Gasteiger partial charge in [-0.05, 0) is 37.1 Å². The maximum absolute atomic E-state index is 9.65. The van der Waals surface area contributed by atoms with Gasteiger partial charge in [0.15, 0.2) is 0 Å². The molecule has 0 amide bonds. The van der Waals surface area contributed by atoms with Crippen molar-refractivity contribution in [1.29, 1.82) is 0 Å². The number of fused-ring (bicyclic) bond motifs is 1. The van der Waals surface area contributed by atoms with E-state index in [0.29, 0.717) is 5.75 Å². The first-order valence-corrected chi connectivity index (χ1v) is 4.83. The average Bonchev–Trinajstić information content (AvgIpc) is 2.32. The van der Waals surface area contributed by atoms with E-state index in [1.165, 1.54) is 0 Å². The fourth-order valence-electron chi connectivity index (χ4n) is 2.07. The molecule has 0 radical (unpaired) electrons. The van der Waals surface area contributed by atoms with E-state index in [9.17, 15) is 5.11 Å². The Labute approximate surface area is 84.3 Å². The minimum absolute atomic E-state index is 0.0435. The molecule has 1 heterocycles. The van der Waals surface area contributed by atoms with E-state index in [1.54, 1.807) is 6.07 Å². The summed E-state index contributed by atoms with van der Waals surface area (Å²) in [5, 5.41) is 9.65. The maximum Gasteiger partial charge on any atom is 0.118 e. The van der Waals surface area contributed by atoms with Crippen LogP contribution in [-0.4, -0.2) is 10.8 Å². The highest BCUT2D eigenvalue weighted by Gasteiger charge is 2.34. The lowest BCUT2D eigenvalue weighted by atomic mass is 9.80. The van der Waals surface area contributed by atoms with Gasteiger partial charge in [0.1, 0.15) is 5.75 Å². The van der Waals surface area contributed by atoms with Crippen LogP contribution in [-0.2, 0) is 5.41 Å². The number of hydrogen-bond acceptors (Lipinski definition) is 2. The Balaban J connectivity index is 2.75. The Morgan fingerprint density at radius 1 is 1.21 bits per heavy atom. The van der Waals surface area contributed by atoms with Crippen LogP contribution in [0.15, 0.2) is 17.1 Å². The zero-order valence-corrected chi connectivity index (χ0v) is 9.05. The van der Waals surface area contributed by atoms with Crippen molar-refractivity contribution in [1.82, 2.24) is 0 Å². The molecule has 2 rings (SSSR count). The molecule has 0 bridgehead atoms. The molecule has 1 aromatic rings. The highest BCUT2D eigenvalue weighted by molar-refractivity contribution is 6.00. The molecule has 1 N–H and O–H groups in total. The molecule has 0 aromatic heterocycles. The minimum atomic E-state index is -0.0435. The molecule has 14 heavy (non-hydrogen) atoms. The summed E-state index contributed by atoms with van der Waals surface area (Å²) >= 11 is 0. The van der Waals surface area contributed by atoms with E-state index in [-0.39, 0.29) is 5.41 Å². The van der Waals surface area contributed by atoms with Crippen molar-refractivity contribution in [2.45, 2.75) is 33.1 Å². The van der Waals surface area contributed by atoms with Crippen molar-refractivity contribution in [3.05, 3.63) is 23.3 Å². The Morgan fingerprint density at radius 2 is 1.86 bits per heavy atom. The molecule has 0 unspecified atom stereocenters. The molecule has 1 aliphatic rings. The van der Waals surface area contributed by atoms with Gasteiger partial charge in [0, 0.05) is 11.1 Å². The zero-order chi connectivity index (χ0) is 10.5. The topological polar surface area (TPSA) is 32.6 Å². The van der Waals surface area contributed by atoms with Crippen molar-refractivity contribution in [3.8, 4) is 5.75 Å². The zero-order valence-electron chi connectivity index (χ0n) is 9.05. The normalized spacial score (nSPS) is 17.9. The molecule has 2 heteroatoms. The van der Waals surface area contributed by atoms with Gasteiger partial charge in [0.2, 0.25) is 0 Å². The number of aromatic hydroxyl groups is 1. The molecule has 1 aromatic carbocycles. The summed E-state index contributed by atoms with van der Waals surface area (Å²) in [6.45, 7) is 8.27. The number of hydrogen-bond donors (Lipinski definition) is 1. The van der Waals surface area contributed by atoms with Gasteiger partial charge in [-0.15, -0.1) is 0 Å². The first-order valence-electron chi connectivity index (χ1n) is 4.83. The molecule has 0 aliphatic carbocycles. The predicted molar refractivity (Wildman–Crippen MR) is 58.6 cm³/mol. The predicted octanol–water partition coefficient (Wildman–Crippen LogP) is 3.08. The van der Waals surface area contributed by atoms with Gasteiger partial charge in [0.25, 0.3) is 0 Å². The number of benzene rings is 1. The van der Waals surface area contributed by atoms with Crippen LogP contribution in [0.1, 0.15) is 31.9 Å². The third-order valence-corrected chi connectivity index (χ3v) is 3.23. The van der Waals surface area contributed by atoms with E-state index >= 15 is 0 Å². The molecular weight excluding hydrogens is 174 g/mol. The molecule has 74 valence electrons. The van der Waals surface area contributed by atoms with Gasteiger partial charge >= 0.3 is 0 Å². The van der Waals surface area contributed by atoms with Crippen LogP contribution >= 0.6 is 0 Å². The van der Waals surface area contributed by atoms with E-state index in [2.05, 4.69) is 18.8 Å². The molecule has 0 atom stereocenters. The molecule has 0 fully saturated rings. The second-order valence-electron chi connectivity index (χ2n) is 4.43. The molecule has 2 nitrogen and oxygen atoms in total. The van der Waals surface area contributed by atoms with Crippen molar-refractivity contribution < 1.29 is 5.11 Å². The van der Waals surface area contributed by atoms with Crippen LogP contribution < -0.4 is 0 Å². The largest absolute Gasteiger partial charge is 0.508 e. The first-order chi connectivity index (χ1) is 6.44. The summed E-state index contributed by atoms with van der Waals surface area (Å²) in [5.41, 5.74) is 4.19. The van der Waals surface area contributed by atoms with Crippen LogP contribution in [0, 0.1) is 6.92 Å². The van der Waals surface area contributed by atoms with E-state index in [0.717, 1.165) is 22.5 Å². The third-order valence-electron chi connectivity index (χ3n) is 3.23. The highest BCUT2D eigenvalue weighted by Crippen LogP contribution is 2.44. The molecule has 0 spiro atoms. The van der Waals surface area contributed by atoms with Crippen molar-refractivity contribution in [2.75, 3.05) is 0 Å². The fourth-order valence-corrected chi connectivity index (χ4v) is 2.07. The van der Waals surface area contributed by atoms with Crippen molar-refractivity contribution in [2.24, 2.45) is 4.99 Å². The number of phenolic OH excluding ortho intramolecular Hbond substituents is 1. The average molecular weight is 189 g/mol. The summed E-state index contributed by atoms with van der Waals surface area (Å²) in [6.07, 6.45) is 0. The quantitative estimate of drug-likeness (QED) is 0.668. The van der Waals surface area contributed by atoms with Gasteiger partial charge < -0.3 is 5.11 Å². The van der Waals surface area contributed by atoms with Crippen LogP contribution in [0.3, 0.4) is 0 Å². The Morgan fingerprint density at radius 3 is 2.50 bits per heavy atom. The third kappa shape index (κ3) is 0.999. The number of aliphatic imine (C=N–C) groups is 1. The lowest BCUT2D eigenvalue weighted by Crippen LogP contribution is -2.23. The molecule has 0 saturated carbocycles. The van der Waals surface area contributed by atoms with Crippen LogP contribution in [0.4, 0.5) is 5.69 Å². The van der Waals surface area contributed by atoms with Crippen LogP contribution in [0.2, 0.25) is 0 Å². The minimum Gasteiger partial charge on any atom is -0.508 e. The van der Waals surface area contributed by atoms with Gasteiger partial charge in [-0.25, -0.2) is 0 Å². The smallest absolute Gasteiger partial charge is 0.118 e. The summed E-state index contributed by atoms with van der Waals surface area (Å²) in [4.78, 5) is 4.51.